The lowest BCUT2D eigenvalue weighted by atomic mass is 10.1. The van der Waals surface area contributed by atoms with Gasteiger partial charge in [0.1, 0.15) is 0 Å². The largest absolute Gasteiger partial charge is 0.387 e. The molecule has 2 rings (SSSR count). The molecule has 7 heteroatoms. The first-order valence-corrected chi connectivity index (χ1v) is 6.86. The predicted octanol–water partition coefficient (Wildman–Crippen LogP) is 2.62. The van der Waals surface area contributed by atoms with Gasteiger partial charge in [-0.2, -0.15) is 15.7 Å². The topological polar surface area (TPSA) is 75.4 Å². The van der Waals surface area contributed by atoms with Crippen molar-refractivity contribution in [3.05, 3.63) is 62.1 Å². The van der Waals surface area contributed by atoms with Gasteiger partial charge in [0.25, 0.3) is 0 Å². The van der Waals surface area contributed by atoms with E-state index < -0.39 is 22.5 Å². The van der Waals surface area contributed by atoms with Crippen molar-refractivity contribution in [2.45, 2.75) is 12.6 Å². The van der Waals surface area contributed by atoms with Crippen molar-refractivity contribution in [2.24, 2.45) is 0 Å². The van der Waals surface area contributed by atoms with Crippen LogP contribution in [-0.4, -0.2) is 16.6 Å². The van der Waals surface area contributed by atoms with Crippen LogP contribution in [0.4, 0.5) is 10.1 Å². The SMILES string of the molecule is O=[N+]([O-])c1ccc(CNCC(O)c2ccsc2)cc1F. The predicted molar refractivity (Wildman–Crippen MR) is 74.0 cm³/mol. The van der Waals surface area contributed by atoms with Crippen molar-refractivity contribution in [2.75, 3.05) is 6.54 Å². The third-order valence-corrected chi connectivity index (χ3v) is 3.51. The summed E-state index contributed by atoms with van der Waals surface area (Å²) in [7, 11) is 0. The van der Waals surface area contributed by atoms with Crippen molar-refractivity contribution in [1.82, 2.24) is 5.32 Å². The van der Waals surface area contributed by atoms with E-state index in [0.717, 1.165) is 17.7 Å². The molecule has 0 saturated heterocycles. The van der Waals surface area contributed by atoms with Gasteiger partial charge in [0, 0.05) is 19.2 Å². The molecule has 1 unspecified atom stereocenters. The lowest BCUT2D eigenvalue weighted by molar-refractivity contribution is -0.387. The van der Waals surface area contributed by atoms with E-state index in [-0.39, 0.29) is 0 Å². The molecule has 1 aromatic carbocycles. The van der Waals surface area contributed by atoms with Crippen molar-refractivity contribution in [1.29, 1.82) is 0 Å². The van der Waals surface area contributed by atoms with E-state index in [1.807, 2.05) is 16.8 Å². The molecular formula is C13H13FN2O3S. The molecule has 0 aliphatic heterocycles. The van der Waals surface area contributed by atoms with Gasteiger partial charge >= 0.3 is 5.69 Å². The maximum absolute atomic E-state index is 13.4. The van der Waals surface area contributed by atoms with Crippen LogP contribution in [0, 0.1) is 15.9 Å². The van der Waals surface area contributed by atoms with E-state index in [2.05, 4.69) is 5.32 Å². The third-order valence-electron chi connectivity index (χ3n) is 2.80. The molecule has 106 valence electrons. The lowest BCUT2D eigenvalue weighted by Gasteiger charge is -2.10. The number of aliphatic hydroxyl groups is 1. The molecule has 1 heterocycles. The minimum absolute atomic E-state index is 0.329. The highest BCUT2D eigenvalue weighted by atomic mass is 32.1. The molecule has 0 aliphatic carbocycles. The summed E-state index contributed by atoms with van der Waals surface area (Å²) in [5, 5.41) is 27.0. The number of nitrogens with zero attached hydrogens (tertiary/aromatic N) is 1. The molecule has 0 spiro atoms. The summed E-state index contributed by atoms with van der Waals surface area (Å²) < 4.78 is 13.4. The standard InChI is InChI=1S/C13H13FN2O3S/c14-11-5-9(1-2-12(11)16(18)19)6-15-7-13(17)10-3-4-20-8-10/h1-5,8,13,15,17H,6-7H2. The second-order valence-corrected chi connectivity index (χ2v) is 5.03. The highest BCUT2D eigenvalue weighted by molar-refractivity contribution is 7.07. The molecule has 0 saturated carbocycles. The van der Waals surface area contributed by atoms with Crippen LogP contribution in [0.2, 0.25) is 0 Å². The van der Waals surface area contributed by atoms with Crippen LogP contribution >= 0.6 is 11.3 Å². The number of rotatable bonds is 6. The van der Waals surface area contributed by atoms with E-state index in [9.17, 15) is 19.6 Å². The summed E-state index contributed by atoms with van der Waals surface area (Å²) in [6.45, 7) is 0.658. The zero-order chi connectivity index (χ0) is 14.5. The molecule has 0 bridgehead atoms. The van der Waals surface area contributed by atoms with Crippen molar-refractivity contribution in [3.63, 3.8) is 0 Å². The number of nitro benzene ring substituents is 1. The van der Waals surface area contributed by atoms with Crippen LogP contribution in [0.3, 0.4) is 0 Å². The molecule has 0 amide bonds. The van der Waals surface area contributed by atoms with Crippen LogP contribution < -0.4 is 5.32 Å². The Balaban J connectivity index is 1.88. The van der Waals surface area contributed by atoms with Gasteiger partial charge in [0.2, 0.25) is 5.82 Å². The monoisotopic (exact) mass is 296 g/mol. The molecule has 1 atom stereocenters. The number of hydrogen-bond donors (Lipinski definition) is 2. The minimum atomic E-state index is -0.854. The number of halogens is 1. The second-order valence-electron chi connectivity index (χ2n) is 4.25. The number of hydrogen-bond acceptors (Lipinski definition) is 5. The van der Waals surface area contributed by atoms with E-state index >= 15 is 0 Å². The van der Waals surface area contributed by atoms with Gasteiger partial charge in [-0.3, -0.25) is 10.1 Å². The first kappa shape index (κ1) is 14.6. The van der Waals surface area contributed by atoms with Gasteiger partial charge < -0.3 is 10.4 Å². The number of nitrogens with one attached hydrogen (secondary N) is 1. The van der Waals surface area contributed by atoms with Crippen LogP contribution in [0.25, 0.3) is 0 Å². The Morgan fingerprint density at radius 3 is 2.85 bits per heavy atom. The van der Waals surface area contributed by atoms with Gasteiger partial charge in [-0.25, -0.2) is 0 Å². The fourth-order valence-corrected chi connectivity index (χ4v) is 2.45. The Morgan fingerprint density at radius 1 is 1.45 bits per heavy atom. The first-order valence-electron chi connectivity index (χ1n) is 5.91. The fourth-order valence-electron chi connectivity index (χ4n) is 1.74. The normalized spacial score (nSPS) is 12.3. The minimum Gasteiger partial charge on any atom is -0.387 e. The van der Waals surface area contributed by atoms with Crippen LogP contribution in [0.1, 0.15) is 17.2 Å². The van der Waals surface area contributed by atoms with Crippen molar-refractivity contribution in [3.8, 4) is 0 Å². The zero-order valence-electron chi connectivity index (χ0n) is 10.5. The maximum Gasteiger partial charge on any atom is 0.304 e. The summed E-state index contributed by atoms with van der Waals surface area (Å²) >= 11 is 1.50. The van der Waals surface area contributed by atoms with Crippen LogP contribution in [0.5, 0.6) is 0 Å². The summed E-state index contributed by atoms with van der Waals surface area (Å²) in [5.41, 5.74) is 0.884. The van der Waals surface area contributed by atoms with Crippen LogP contribution in [0.15, 0.2) is 35.0 Å². The average molecular weight is 296 g/mol. The fraction of sp³-hybridized carbons (Fsp3) is 0.231. The van der Waals surface area contributed by atoms with Gasteiger partial charge in [-0.15, -0.1) is 0 Å². The van der Waals surface area contributed by atoms with Gasteiger partial charge in [-0.05, 0) is 34.0 Å². The maximum atomic E-state index is 13.4. The van der Waals surface area contributed by atoms with Crippen molar-refractivity contribution < 1.29 is 14.4 Å². The molecule has 0 aliphatic rings. The Kier molecular flexibility index (Phi) is 4.78. The van der Waals surface area contributed by atoms with Gasteiger partial charge in [0.15, 0.2) is 0 Å². The highest BCUT2D eigenvalue weighted by Gasteiger charge is 2.13. The van der Waals surface area contributed by atoms with Crippen molar-refractivity contribution >= 4 is 17.0 Å². The zero-order valence-corrected chi connectivity index (χ0v) is 11.3. The summed E-state index contributed by atoms with van der Waals surface area (Å²) in [6, 6.07) is 5.59. The number of benzene rings is 1. The molecule has 2 aromatic rings. The molecule has 1 aromatic heterocycles. The molecule has 20 heavy (non-hydrogen) atoms. The smallest absolute Gasteiger partial charge is 0.304 e. The molecule has 0 fully saturated rings. The van der Waals surface area contributed by atoms with E-state index in [1.165, 1.54) is 17.4 Å². The Hall–Kier alpha value is -1.83. The van der Waals surface area contributed by atoms with Crippen LogP contribution in [-0.2, 0) is 6.54 Å². The summed E-state index contributed by atoms with van der Waals surface area (Å²) in [6.07, 6.45) is -0.621. The van der Waals surface area contributed by atoms with E-state index in [0.29, 0.717) is 18.7 Å². The Labute approximate surface area is 118 Å². The summed E-state index contributed by atoms with van der Waals surface area (Å²) in [5.74, 6) is -0.854. The molecule has 5 nitrogen and oxygen atoms in total. The molecule has 0 radical (unpaired) electrons. The number of nitro groups is 1. The summed E-state index contributed by atoms with van der Waals surface area (Å²) in [4.78, 5) is 9.73. The van der Waals surface area contributed by atoms with E-state index in [4.69, 9.17) is 0 Å². The van der Waals surface area contributed by atoms with Gasteiger partial charge in [-0.1, -0.05) is 6.07 Å². The highest BCUT2D eigenvalue weighted by Crippen LogP contribution is 2.18. The van der Waals surface area contributed by atoms with Gasteiger partial charge in [0.05, 0.1) is 11.0 Å². The first-order chi connectivity index (χ1) is 9.58. The Bertz CT molecular complexity index is 589. The Morgan fingerprint density at radius 2 is 2.25 bits per heavy atom. The lowest BCUT2D eigenvalue weighted by Crippen LogP contribution is -2.20. The number of thiophene rings is 1. The number of aliphatic hydroxyl groups excluding tert-OH is 1. The molecular weight excluding hydrogens is 283 g/mol. The third kappa shape index (κ3) is 3.60. The average Bonchev–Trinajstić information content (AvgIpc) is 2.92. The molecule has 2 N–H and O–H groups in total. The van der Waals surface area contributed by atoms with E-state index in [1.54, 1.807) is 0 Å². The quantitative estimate of drug-likeness (QED) is 0.634. The second kappa shape index (κ2) is 6.56.